The molecule has 0 aliphatic rings. The largest absolute Gasteiger partial charge is 0.490 e. The quantitative estimate of drug-likeness (QED) is 0.480. The molecule has 1 heterocycles. The molecule has 28 heavy (non-hydrogen) atoms. The molecule has 150 valence electrons. The number of esters is 1. The van der Waals surface area contributed by atoms with Crippen molar-refractivity contribution in [1.82, 2.24) is 4.98 Å². The monoisotopic (exact) mass is 404 g/mol. The van der Waals surface area contributed by atoms with Crippen LogP contribution in [0.5, 0.6) is 11.5 Å². The lowest BCUT2D eigenvalue weighted by molar-refractivity contribution is -0.142. The average Bonchev–Trinajstić information content (AvgIpc) is 3.09. The van der Waals surface area contributed by atoms with Gasteiger partial charge in [0.2, 0.25) is 5.91 Å². The summed E-state index contributed by atoms with van der Waals surface area (Å²) in [5, 5.41) is 4.83. The van der Waals surface area contributed by atoms with Gasteiger partial charge in [-0.3, -0.25) is 14.9 Å². The Labute approximate surface area is 168 Å². The number of benzene rings is 1. The molecule has 0 aliphatic carbocycles. The van der Waals surface area contributed by atoms with Crippen LogP contribution in [0.2, 0.25) is 0 Å². The number of amides is 1. The van der Waals surface area contributed by atoms with Crippen molar-refractivity contribution in [2.24, 2.45) is 0 Å². The highest BCUT2D eigenvalue weighted by Gasteiger charge is 2.10. The van der Waals surface area contributed by atoms with Gasteiger partial charge in [0.15, 0.2) is 16.6 Å². The number of ether oxygens (including phenoxy) is 3. The summed E-state index contributed by atoms with van der Waals surface area (Å²) >= 11 is 1.25. The molecule has 0 fully saturated rings. The molecule has 0 atom stereocenters. The van der Waals surface area contributed by atoms with E-state index in [-0.39, 0.29) is 18.3 Å². The molecule has 8 heteroatoms. The van der Waals surface area contributed by atoms with Gasteiger partial charge in [-0.1, -0.05) is 6.07 Å². The van der Waals surface area contributed by atoms with Gasteiger partial charge in [-0.15, -0.1) is 11.3 Å². The second kappa shape index (κ2) is 11.1. The summed E-state index contributed by atoms with van der Waals surface area (Å²) in [4.78, 5) is 27.8. The van der Waals surface area contributed by atoms with Gasteiger partial charge in [-0.05, 0) is 44.5 Å². The van der Waals surface area contributed by atoms with Gasteiger partial charge in [0.25, 0.3) is 0 Å². The number of thiazole rings is 1. The number of carbonyl (C=O) groups is 2. The lowest BCUT2D eigenvalue weighted by Crippen LogP contribution is -2.09. The number of nitrogens with zero attached hydrogens (tertiary/aromatic N) is 1. The molecular formula is C20H24N2O5S. The van der Waals surface area contributed by atoms with E-state index in [1.165, 1.54) is 17.4 Å². The lowest BCUT2D eigenvalue weighted by atomic mass is 10.2. The molecule has 1 N–H and O–H groups in total. The predicted octanol–water partition coefficient (Wildman–Crippen LogP) is 3.70. The first-order valence-corrected chi connectivity index (χ1v) is 9.92. The van der Waals surface area contributed by atoms with Crippen LogP contribution in [0.15, 0.2) is 29.7 Å². The Morgan fingerprint density at radius 2 is 1.86 bits per heavy atom. The predicted molar refractivity (Wildman–Crippen MR) is 109 cm³/mol. The molecule has 0 spiro atoms. The van der Waals surface area contributed by atoms with Crippen LogP contribution in [0.4, 0.5) is 5.13 Å². The van der Waals surface area contributed by atoms with E-state index in [1.54, 1.807) is 18.4 Å². The summed E-state index contributed by atoms with van der Waals surface area (Å²) in [6.45, 7) is 6.95. The van der Waals surface area contributed by atoms with Crippen molar-refractivity contribution in [3.8, 4) is 11.5 Å². The van der Waals surface area contributed by atoms with Gasteiger partial charge in [0.05, 0.1) is 31.9 Å². The van der Waals surface area contributed by atoms with Crippen LogP contribution in [-0.4, -0.2) is 36.7 Å². The minimum absolute atomic E-state index is 0.0857. The summed E-state index contributed by atoms with van der Waals surface area (Å²) in [5.41, 5.74) is 1.37. The van der Waals surface area contributed by atoms with Crippen molar-refractivity contribution in [3.05, 3.63) is 40.9 Å². The van der Waals surface area contributed by atoms with Crippen LogP contribution in [-0.2, 0) is 20.7 Å². The molecular weight excluding hydrogens is 380 g/mol. The van der Waals surface area contributed by atoms with Gasteiger partial charge in [-0.25, -0.2) is 4.98 Å². The molecule has 2 rings (SSSR count). The zero-order valence-electron chi connectivity index (χ0n) is 16.2. The van der Waals surface area contributed by atoms with E-state index in [4.69, 9.17) is 14.2 Å². The highest BCUT2D eigenvalue weighted by molar-refractivity contribution is 7.14. The zero-order valence-corrected chi connectivity index (χ0v) is 17.0. The number of hydrogen-bond acceptors (Lipinski definition) is 7. The zero-order chi connectivity index (χ0) is 20.4. The van der Waals surface area contributed by atoms with Crippen molar-refractivity contribution in [3.63, 3.8) is 0 Å². The maximum Gasteiger partial charge on any atom is 0.311 e. The average molecular weight is 404 g/mol. The fourth-order valence-corrected chi connectivity index (χ4v) is 3.01. The number of nitrogens with one attached hydrogen (secondary N) is 1. The van der Waals surface area contributed by atoms with E-state index < -0.39 is 0 Å². The van der Waals surface area contributed by atoms with E-state index in [9.17, 15) is 9.59 Å². The smallest absolute Gasteiger partial charge is 0.311 e. The molecule has 1 aromatic carbocycles. The van der Waals surface area contributed by atoms with Crippen LogP contribution in [0.25, 0.3) is 6.08 Å². The third kappa shape index (κ3) is 6.70. The van der Waals surface area contributed by atoms with Gasteiger partial charge in [-0.2, -0.15) is 0 Å². The first-order valence-electron chi connectivity index (χ1n) is 9.04. The molecule has 2 aromatic rings. The Hall–Kier alpha value is -2.87. The number of rotatable bonds is 10. The standard InChI is InChI=1S/C20H24N2O5S/c1-4-25-16-9-7-14(11-17(16)26-5-2)8-10-18(23)22-20-21-15(13-28-20)12-19(24)27-6-3/h7-11,13H,4-6,12H2,1-3H3,(H,21,22,23)/b10-8+. The van der Waals surface area contributed by atoms with Gasteiger partial charge >= 0.3 is 5.97 Å². The van der Waals surface area contributed by atoms with Crippen molar-refractivity contribution < 1.29 is 23.8 Å². The van der Waals surface area contributed by atoms with Gasteiger partial charge < -0.3 is 14.2 Å². The number of carbonyl (C=O) groups excluding carboxylic acids is 2. The Morgan fingerprint density at radius 3 is 2.57 bits per heavy atom. The SMILES string of the molecule is CCOC(=O)Cc1csc(NC(=O)/C=C/c2ccc(OCC)c(OCC)c2)n1. The van der Waals surface area contributed by atoms with Crippen LogP contribution < -0.4 is 14.8 Å². The summed E-state index contributed by atoms with van der Waals surface area (Å²) < 4.78 is 16.0. The summed E-state index contributed by atoms with van der Waals surface area (Å²) in [6.07, 6.45) is 3.18. The molecule has 1 amide bonds. The lowest BCUT2D eigenvalue weighted by Gasteiger charge is -2.11. The van der Waals surface area contributed by atoms with Gasteiger partial charge in [0, 0.05) is 11.5 Å². The first kappa shape index (κ1) is 21.4. The van der Waals surface area contributed by atoms with Crippen molar-refractivity contribution in [1.29, 1.82) is 0 Å². The Balaban J connectivity index is 1.97. The molecule has 1 aromatic heterocycles. The van der Waals surface area contributed by atoms with E-state index in [2.05, 4.69) is 10.3 Å². The Morgan fingerprint density at radius 1 is 1.11 bits per heavy atom. The molecule has 0 saturated heterocycles. The molecule has 0 unspecified atom stereocenters. The van der Waals surface area contributed by atoms with Gasteiger partial charge in [0.1, 0.15) is 0 Å². The van der Waals surface area contributed by atoms with Crippen molar-refractivity contribution >= 4 is 34.4 Å². The second-order valence-corrected chi connectivity index (χ2v) is 6.38. The fourth-order valence-electron chi connectivity index (χ4n) is 2.30. The molecule has 0 radical (unpaired) electrons. The summed E-state index contributed by atoms with van der Waals surface area (Å²) in [5.74, 6) is 0.647. The highest BCUT2D eigenvalue weighted by Crippen LogP contribution is 2.29. The highest BCUT2D eigenvalue weighted by atomic mass is 32.1. The van der Waals surface area contributed by atoms with E-state index in [0.717, 1.165) is 5.56 Å². The third-order valence-electron chi connectivity index (χ3n) is 3.41. The maximum absolute atomic E-state index is 12.1. The molecule has 0 aliphatic heterocycles. The minimum Gasteiger partial charge on any atom is -0.490 e. The van der Waals surface area contributed by atoms with Crippen LogP contribution >= 0.6 is 11.3 Å². The van der Waals surface area contributed by atoms with Crippen LogP contribution in [0.3, 0.4) is 0 Å². The first-order chi connectivity index (χ1) is 13.5. The van der Waals surface area contributed by atoms with E-state index in [1.807, 2.05) is 32.0 Å². The minimum atomic E-state index is -0.342. The number of anilines is 1. The van der Waals surface area contributed by atoms with Crippen LogP contribution in [0, 0.1) is 0 Å². The van der Waals surface area contributed by atoms with Crippen molar-refractivity contribution in [2.75, 3.05) is 25.1 Å². The molecule has 0 bridgehead atoms. The normalized spacial score (nSPS) is 10.7. The Bertz CT molecular complexity index is 832. The van der Waals surface area contributed by atoms with Crippen molar-refractivity contribution in [2.45, 2.75) is 27.2 Å². The second-order valence-electron chi connectivity index (χ2n) is 5.52. The fraction of sp³-hybridized carbons (Fsp3) is 0.350. The van der Waals surface area contributed by atoms with E-state index >= 15 is 0 Å². The number of hydrogen-bond donors (Lipinski definition) is 1. The third-order valence-corrected chi connectivity index (χ3v) is 4.21. The maximum atomic E-state index is 12.1. The van der Waals surface area contributed by atoms with E-state index in [0.29, 0.717) is 42.1 Å². The summed E-state index contributed by atoms with van der Waals surface area (Å²) in [6, 6.07) is 5.48. The Kier molecular flexibility index (Phi) is 8.48. The molecule has 0 saturated carbocycles. The molecule has 7 nitrogen and oxygen atoms in total. The summed E-state index contributed by atoms with van der Waals surface area (Å²) in [7, 11) is 0. The number of aromatic nitrogens is 1. The topological polar surface area (TPSA) is 86.8 Å². The van der Waals surface area contributed by atoms with Crippen LogP contribution in [0.1, 0.15) is 32.0 Å².